The molecule has 0 saturated heterocycles. The van der Waals surface area contributed by atoms with Crippen LogP contribution in [0, 0.1) is 3.57 Å². The third-order valence-corrected chi connectivity index (χ3v) is 9.77. The molecule has 0 aliphatic carbocycles. The van der Waals surface area contributed by atoms with E-state index < -0.39 is 6.04 Å². The molecule has 2 heterocycles. The number of carbonyl (C=O) groups excluding carboxylic acids is 1. The summed E-state index contributed by atoms with van der Waals surface area (Å²) < 4.78 is 14.6. The summed E-state index contributed by atoms with van der Waals surface area (Å²) in [6.07, 6.45) is 1.80. The molecule has 1 aliphatic heterocycles. The minimum atomic E-state index is -0.713. The molecule has 0 saturated carbocycles. The zero-order valence-electron chi connectivity index (χ0n) is 24.6. The lowest BCUT2D eigenvalue weighted by Crippen LogP contribution is -2.40. The number of halogens is 3. The number of anilines is 1. The maximum Gasteiger partial charge on any atom is 0.271 e. The van der Waals surface area contributed by atoms with Crippen molar-refractivity contribution in [3.63, 3.8) is 0 Å². The molecule has 1 atom stereocenters. The number of ether oxygens (including phenoxy) is 2. The molecule has 232 valence electrons. The molecule has 0 unspecified atom stereocenters. The van der Waals surface area contributed by atoms with Crippen LogP contribution >= 0.6 is 57.1 Å². The highest BCUT2D eigenvalue weighted by Crippen LogP contribution is 2.36. The van der Waals surface area contributed by atoms with Crippen molar-refractivity contribution >= 4 is 74.8 Å². The van der Waals surface area contributed by atoms with Gasteiger partial charge in [-0.2, -0.15) is 0 Å². The molecule has 0 radical (unpaired) electrons. The Morgan fingerprint density at radius 2 is 1.76 bits per heavy atom. The number of hydrogen-bond acceptors (Lipinski definition) is 6. The third kappa shape index (κ3) is 6.64. The van der Waals surface area contributed by atoms with Gasteiger partial charge in [0.25, 0.3) is 11.5 Å². The van der Waals surface area contributed by atoms with Crippen LogP contribution in [0.15, 0.2) is 112 Å². The molecule has 46 heavy (non-hydrogen) atoms. The van der Waals surface area contributed by atoms with Gasteiger partial charge in [-0.1, -0.05) is 83.1 Å². The molecule has 0 bridgehead atoms. The number of rotatable bonds is 8. The van der Waals surface area contributed by atoms with E-state index in [9.17, 15) is 9.59 Å². The van der Waals surface area contributed by atoms with Crippen molar-refractivity contribution in [2.75, 3.05) is 12.4 Å². The normalized spacial score (nSPS) is 14.5. The van der Waals surface area contributed by atoms with Crippen LogP contribution in [-0.2, 0) is 11.4 Å². The Morgan fingerprint density at radius 3 is 2.48 bits per heavy atom. The first-order chi connectivity index (χ1) is 22.2. The van der Waals surface area contributed by atoms with Gasteiger partial charge in [-0.3, -0.25) is 14.2 Å². The van der Waals surface area contributed by atoms with Crippen molar-refractivity contribution in [1.82, 2.24) is 4.57 Å². The topological polar surface area (TPSA) is 81.9 Å². The highest BCUT2D eigenvalue weighted by molar-refractivity contribution is 14.1. The van der Waals surface area contributed by atoms with Crippen molar-refractivity contribution in [3.8, 4) is 11.5 Å². The number of para-hydroxylation sites is 1. The molecule has 1 N–H and O–H groups in total. The van der Waals surface area contributed by atoms with Gasteiger partial charge in [-0.05, 0) is 89.2 Å². The molecular weight excluding hydrogens is 756 g/mol. The number of amides is 1. The number of nitrogens with zero attached hydrogens (tertiary/aromatic N) is 2. The van der Waals surface area contributed by atoms with Crippen LogP contribution in [0.2, 0.25) is 10.0 Å². The van der Waals surface area contributed by atoms with Gasteiger partial charge in [0.1, 0.15) is 6.61 Å². The van der Waals surface area contributed by atoms with Crippen molar-refractivity contribution in [2.45, 2.75) is 19.6 Å². The van der Waals surface area contributed by atoms with Crippen molar-refractivity contribution in [2.24, 2.45) is 4.99 Å². The summed E-state index contributed by atoms with van der Waals surface area (Å²) in [5, 5.41) is 4.13. The minimum Gasteiger partial charge on any atom is -0.493 e. The molecule has 4 aromatic carbocycles. The average Bonchev–Trinajstić information content (AvgIpc) is 3.34. The van der Waals surface area contributed by atoms with Crippen LogP contribution in [0.25, 0.3) is 6.08 Å². The smallest absolute Gasteiger partial charge is 0.271 e. The lowest BCUT2D eigenvalue weighted by Gasteiger charge is -2.25. The number of carbonyl (C=O) groups is 1. The summed E-state index contributed by atoms with van der Waals surface area (Å²) in [5.41, 5.74) is 3.61. The van der Waals surface area contributed by atoms with E-state index in [4.69, 9.17) is 37.7 Å². The Morgan fingerprint density at radius 1 is 1.04 bits per heavy atom. The lowest BCUT2D eigenvalue weighted by atomic mass is 9.95. The van der Waals surface area contributed by atoms with E-state index >= 15 is 0 Å². The largest absolute Gasteiger partial charge is 0.493 e. The minimum absolute atomic E-state index is 0.269. The van der Waals surface area contributed by atoms with E-state index in [0.29, 0.717) is 47.8 Å². The SMILES string of the molecule is COc1cc(/C=c2/sc3n(c2=O)[C@@H](c2ccc(Cl)cc2)C(C(=O)Nc2ccccc2)=C(C)N=3)cc(I)c1OCc1ccccc1Cl. The number of allylic oxidation sites excluding steroid dienone is 1. The number of aromatic nitrogens is 1. The second kappa shape index (κ2) is 13.8. The Balaban J connectivity index is 1.40. The Labute approximate surface area is 292 Å². The monoisotopic (exact) mass is 781 g/mol. The van der Waals surface area contributed by atoms with Crippen molar-refractivity contribution < 1.29 is 14.3 Å². The summed E-state index contributed by atoms with van der Waals surface area (Å²) in [6, 6.07) is 26.9. The number of hydrogen-bond donors (Lipinski definition) is 1. The van der Waals surface area contributed by atoms with Gasteiger partial charge in [-0.15, -0.1) is 0 Å². The molecule has 7 nitrogen and oxygen atoms in total. The maximum absolute atomic E-state index is 14.1. The van der Waals surface area contributed by atoms with E-state index in [1.54, 1.807) is 36.8 Å². The van der Waals surface area contributed by atoms with Crippen LogP contribution in [0.3, 0.4) is 0 Å². The average molecular weight is 782 g/mol. The number of nitrogens with one attached hydrogen (secondary N) is 1. The first kappa shape index (κ1) is 32.1. The molecule has 1 amide bonds. The van der Waals surface area contributed by atoms with Crippen LogP contribution in [0.5, 0.6) is 11.5 Å². The predicted molar refractivity (Wildman–Crippen MR) is 192 cm³/mol. The van der Waals surface area contributed by atoms with Crippen molar-refractivity contribution in [3.05, 3.63) is 152 Å². The summed E-state index contributed by atoms with van der Waals surface area (Å²) in [7, 11) is 1.57. The zero-order chi connectivity index (χ0) is 32.4. The fraction of sp³-hybridized carbons (Fsp3) is 0.114. The summed E-state index contributed by atoms with van der Waals surface area (Å²) in [5.74, 6) is 0.759. The second-order valence-electron chi connectivity index (χ2n) is 10.4. The molecule has 0 fully saturated rings. The molecule has 1 aliphatic rings. The quantitative estimate of drug-likeness (QED) is 0.167. The van der Waals surface area contributed by atoms with E-state index in [-0.39, 0.29) is 18.1 Å². The third-order valence-electron chi connectivity index (χ3n) is 7.36. The number of benzene rings is 4. The number of methoxy groups -OCH3 is 1. The van der Waals surface area contributed by atoms with E-state index in [1.165, 1.54) is 11.3 Å². The molecule has 11 heteroatoms. The molecule has 1 aromatic heterocycles. The molecule has 5 aromatic rings. The number of thiazole rings is 1. The van der Waals surface area contributed by atoms with Crippen LogP contribution in [0.1, 0.15) is 29.7 Å². The first-order valence-corrected chi connectivity index (χ1v) is 16.8. The van der Waals surface area contributed by atoms with Gasteiger partial charge >= 0.3 is 0 Å². The van der Waals surface area contributed by atoms with E-state index in [0.717, 1.165) is 20.3 Å². The predicted octanol–water partition coefficient (Wildman–Crippen LogP) is 7.37. The van der Waals surface area contributed by atoms with Crippen LogP contribution in [0.4, 0.5) is 5.69 Å². The van der Waals surface area contributed by atoms with Gasteiger partial charge in [0, 0.05) is 21.3 Å². The standard InChI is InChI=1S/C35H26Cl2IN3O4S/c1-20-30(33(42)40-25-9-4-3-5-10-25)31(22-12-14-24(36)15-13-22)41-34(43)29(46-35(41)39-20)18-21-16-27(38)32(28(17-21)44-2)45-19-23-8-6-7-11-26(23)37/h3-18,31H,19H2,1-2H3,(H,40,42)/b29-18+/t31-/m0/s1. The Hall–Kier alpha value is -3.90. The summed E-state index contributed by atoms with van der Waals surface area (Å²) >= 11 is 16.0. The van der Waals surface area contributed by atoms with Gasteiger partial charge in [0.05, 0.1) is 32.5 Å². The Kier molecular flexibility index (Phi) is 9.65. The Bertz CT molecular complexity index is 2160. The summed E-state index contributed by atoms with van der Waals surface area (Å²) in [6.45, 7) is 2.06. The molecule has 6 rings (SSSR count). The maximum atomic E-state index is 14.1. The highest BCUT2D eigenvalue weighted by Gasteiger charge is 2.32. The summed E-state index contributed by atoms with van der Waals surface area (Å²) in [4.78, 5) is 33.1. The second-order valence-corrected chi connectivity index (χ2v) is 13.4. The van der Waals surface area contributed by atoms with Crippen LogP contribution in [-0.4, -0.2) is 17.6 Å². The van der Waals surface area contributed by atoms with Crippen LogP contribution < -0.4 is 29.7 Å². The van der Waals surface area contributed by atoms with Gasteiger partial charge < -0.3 is 14.8 Å². The molecular formula is C35H26Cl2IN3O4S. The van der Waals surface area contributed by atoms with Gasteiger partial charge in [0.2, 0.25) is 0 Å². The fourth-order valence-corrected chi connectivity index (χ4v) is 7.32. The number of fused-ring (bicyclic) bond motifs is 1. The fourth-order valence-electron chi connectivity index (χ4n) is 5.17. The lowest BCUT2D eigenvalue weighted by molar-refractivity contribution is -0.113. The molecule has 0 spiro atoms. The highest BCUT2D eigenvalue weighted by atomic mass is 127. The van der Waals surface area contributed by atoms with E-state index in [1.807, 2.05) is 78.9 Å². The zero-order valence-corrected chi connectivity index (χ0v) is 29.1. The van der Waals surface area contributed by atoms with E-state index in [2.05, 4.69) is 27.9 Å². The van der Waals surface area contributed by atoms with Gasteiger partial charge in [-0.25, -0.2) is 4.99 Å². The van der Waals surface area contributed by atoms with Gasteiger partial charge in [0.15, 0.2) is 16.3 Å². The first-order valence-electron chi connectivity index (χ1n) is 14.1. The van der Waals surface area contributed by atoms with Crippen molar-refractivity contribution in [1.29, 1.82) is 0 Å².